The van der Waals surface area contributed by atoms with E-state index in [1.807, 2.05) is 12.1 Å². The van der Waals surface area contributed by atoms with Gasteiger partial charge in [-0.15, -0.1) is 48.6 Å². The highest BCUT2D eigenvalue weighted by Gasteiger charge is 2.26. The van der Waals surface area contributed by atoms with E-state index >= 15 is 0 Å². The third-order valence-electron chi connectivity index (χ3n) is 8.27. The molecule has 2 saturated heterocycles. The molecule has 2 fully saturated rings. The lowest BCUT2D eigenvalue weighted by molar-refractivity contribution is 0.0999. The SMILES string of the molecule is CCc1c(C(N)=O)ccc(-c2cc(NCCCN3CCC(N4CCCC4)CC3)c3sccc3n2)c1CC.Cl.Cl.Cl. The number of fused-ring (bicyclic) bond motifs is 1. The minimum Gasteiger partial charge on any atom is -0.384 e. The molecule has 1 amide bonds. The fourth-order valence-corrected chi connectivity index (χ4v) is 7.16. The number of nitrogens with one attached hydrogen (secondary N) is 1. The van der Waals surface area contributed by atoms with E-state index in [1.54, 1.807) is 11.3 Å². The number of carbonyl (C=O) groups is 1. The van der Waals surface area contributed by atoms with Gasteiger partial charge in [-0.05, 0) is 112 Å². The van der Waals surface area contributed by atoms with Crippen molar-refractivity contribution in [1.82, 2.24) is 14.8 Å². The van der Waals surface area contributed by atoms with Crippen molar-refractivity contribution in [3.63, 3.8) is 0 Å². The molecule has 2 aromatic heterocycles. The molecular weight excluding hydrogens is 585 g/mol. The summed E-state index contributed by atoms with van der Waals surface area (Å²) in [6, 6.07) is 9.00. The number of primary amides is 1. The quantitative estimate of drug-likeness (QED) is 0.241. The molecule has 1 aromatic carbocycles. The number of nitrogens with zero attached hydrogens (tertiary/aromatic N) is 3. The molecule has 0 spiro atoms. The number of thiophene rings is 1. The van der Waals surface area contributed by atoms with Gasteiger partial charge in [-0.2, -0.15) is 0 Å². The highest BCUT2D eigenvalue weighted by molar-refractivity contribution is 7.17. The van der Waals surface area contributed by atoms with Crippen molar-refractivity contribution in [1.29, 1.82) is 0 Å². The first-order valence-electron chi connectivity index (χ1n) is 14.1. The average Bonchev–Trinajstić information content (AvgIpc) is 3.63. The average molecular weight is 629 g/mol. The van der Waals surface area contributed by atoms with Crippen molar-refractivity contribution >= 4 is 70.4 Å². The predicted octanol–water partition coefficient (Wildman–Crippen LogP) is 6.81. The van der Waals surface area contributed by atoms with Crippen LogP contribution in [0.2, 0.25) is 0 Å². The van der Waals surface area contributed by atoms with Gasteiger partial charge in [0.25, 0.3) is 0 Å². The molecule has 0 unspecified atom stereocenters. The lowest BCUT2D eigenvalue weighted by atomic mass is 9.90. The molecule has 0 aliphatic carbocycles. The van der Waals surface area contributed by atoms with E-state index in [-0.39, 0.29) is 43.1 Å². The van der Waals surface area contributed by atoms with Crippen LogP contribution in [-0.2, 0) is 12.8 Å². The van der Waals surface area contributed by atoms with Crippen molar-refractivity contribution < 1.29 is 4.79 Å². The Morgan fingerprint density at radius 1 is 1.02 bits per heavy atom. The van der Waals surface area contributed by atoms with Crippen LogP contribution in [0.15, 0.2) is 29.6 Å². The number of hydrogen-bond donors (Lipinski definition) is 2. The van der Waals surface area contributed by atoms with Gasteiger partial charge < -0.3 is 20.9 Å². The minimum absolute atomic E-state index is 0. The molecule has 0 saturated carbocycles. The van der Waals surface area contributed by atoms with E-state index in [2.05, 4.69) is 46.5 Å². The number of piperidine rings is 1. The Morgan fingerprint density at radius 2 is 1.73 bits per heavy atom. The Labute approximate surface area is 261 Å². The van der Waals surface area contributed by atoms with Gasteiger partial charge in [0.15, 0.2) is 0 Å². The Hall–Kier alpha value is -1.61. The third kappa shape index (κ3) is 7.61. The number of pyridine rings is 1. The van der Waals surface area contributed by atoms with Gasteiger partial charge in [-0.25, -0.2) is 4.98 Å². The molecule has 0 bridgehead atoms. The number of carbonyl (C=O) groups excluding carboxylic acids is 1. The van der Waals surface area contributed by atoms with Gasteiger partial charge >= 0.3 is 0 Å². The fraction of sp³-hybridized carbons (Fsp3) is 0.533. The maximum absolute atomic E-state index is 12.0. The normalized spacial score (nSPS) is 16.2. The molecule has 0 atom stereocenters. The van der Waals surface area contributed by atoms with Crippen molar-refractivity contribution in [3.05, 3.63) is 46.3 Å². The van der Waals surface area contributed by atoms with Crippen LogP contribution >= 0.6 is 48.6 Å². The van der Waals surface area contributed by atoms with Crippen molar-refractivity contribution in [3.8, 4) is 11.3 Å². The van der Waals surface area contributed by atoms with Crippen LogP contribution in [0.3, 0.4) is 0 Å². The summed E-state index contributed by atoms with van der Waals surface area (Å²) in [5, 5.41) is 5.85. The number of anilines is 1. The van der Waals surface area contributed by atoms with E-state index in [4.69, 9.17) is 10.7 Å². The number of benzene rings is 1. The molecule has 3 aromatic rings. The fourth-order valence-electron chi connectivity index (χ4n) is 6.34. The second-order valence-electron chi connectivity index (χ2n) is 10.5. The van der Waals surface area contributed by atoms with Crippen LogP contribution in [0, 0.1) is 0 Å². The summed E-state index contributed by atoms with van der Waals surface area (Å²) in [6.07, 6.45) is 8.16. The molecule has 222 valence electrons. The number of hydrogen-bond acceptors (Lipinski definition) is 6. The van der Waals surface area contributed by atoms with E-state index < -0.39 is 0 Å². The summed E-state index contributed by atoms with van der Waals surface area (Å²) in [5.41, 5.74) is 12.8. The number of likely N-dealkylation sites (tertiary alicyclic amines) is 2. The molecule has 2 aliphatic rings. The largest absolute Gasteiger partial charge is 0.384 e. The Kier molecular flexibility index (Phi) is 14.0. The molecule has 4 heterocycles. The Morgan fingerprint density at radius 3 is 2.38 bits per heavy atom. The van der Waals surface area contributed by atoms with Crippen molar-refractivity contribution in [2.45, 2.75) is 64.8 Å². The molecule has 0 radical (unpaired) electrons. The van der Waals surface area contributed by atoms with Gasteiger partial charge in [-0.1, -0.05) is 19.9 Å². The van der Waals surface area contributed by atoms with Crippen LogP contribution in [0.5, 0.6) is 0 Å². The number of amides is 1. The van der Waals surface area contributed by atoms with Crippen LogP contribution in [0.4, 0.5) is 5.69 Å². The van der Waals surface area contributed by atoms with Crippen LogP contribution in [0.1, 0.15) is 67.4 Å². The summed E-state index contributed by atoms with van der Waals surface area (Å²) in [6.45, 7) is 11.4. The van der Waals surface area contributed by atoms with Gasteiger partial charge in [0, 0.05) is 23.7 Å². The Bertz CT molecular complexity index is 1240. The summed E-state index contributed by atoms with van der Waals surface area (Å²) in [5.74, 6) is -0.359. The predicted molar refractivity (Wildman–Crippen MR) is 177 cm³/mol. The molecule has 3 N–H and O–H groups in total. The maximum Gasteiger partial charge on any atom is 0.248 e. The molecule has 5 rings (SSSR count). The second-order valence-corrected chi connectivity index (χ2v) is 11.4. The van der Waals surface area contributed by atoms with Crippen LogP contribution < -0.4 is 11.1 Å². The highest BCUT2D eigenvalue weighted by atomic mass is 35.5. The monoisotopic (exact) mass is 627 g/mol. The first-order chi connectivity index (χ1) is 18.1. The number of nitrogens with two attached hydrogens (primary N) is 1. The lowest BCUT2D eigenvalue weighted by Crippen LogP contribution is -2.44. The number of rotatable bonds is 10. The van der Waals surface area contributed by atoms with Gasteiger partial charge in [0.1, 0.15) is 0 Å². The standard InChI is InChI=1S/C30H41N5OS.3ClH/c1-3-22-23(4-2)25(30(31)36)9-8-24(22)27-20-28(29-26(33-27)12-19-37-29)32-13-7-14-34-17-10-21(11-18-34)35-15-5-6-16-35;;;/h8-9,12,19-21H,3-7,10-11,13-18H2,1-2H3,(H2,31,36)(H,32,33);3*1H. The zero-order valence-electron chi connectivity index (χ0n) is 23.6. The van der Waals surface area contributed by atoms with Crippen LogP contribution in [0.25, 0.3) is 21.5 Å². The lowest BCUT2D eigenvalue weighted by Gasteiger charge is -2.36. The molecule has 6 nitrogen and oxygen atoms in total. The van der Waals surface area contributed by atoms with E-state index in [0.717, 1.165) is 66.4 Å². The summed E-state index contributed by atoms with van der Waals surface area (Å²) in [4.78, 5) is 22.4. The summed E-state index contributed by atoms with van der Waals surface area (Å²) >= 11 is 1.74. The molecule has 40 heavy (non-hydrogen) atoms. The van der Waals surface area contributed by atoms with E-state index in [0.29, 0.717) is 5.56 Å². The molecular formula is C30H44Cl3N5OS. The zero-order chi connectivity index (χ0) is 25.8. The summed E-state index contributed by atoms with van der Waals surface area (Å²) in [7, 11) is 0. The maximum atomic E-state index is 12.0. The molecule has 10 heteroatoms. The third-order valence-corrected chi connectivity index (χ3v) is 9.21. The Balaban J connectivity index is 0.00000187. The summed E-state index contributed by atoms with van der Waals surface area (Å²) < 4.78 is 1.21. The van der Waals surface area contributed by atoms with E-state index in [9.17, 15) is 4.79 Å². The van der Waals surface area contributed by atoms with Gasteiger partial charge in [-0.3, -0.25) is 4.79 Å². The minimum atomic E-state index is -0.359. The van der Waals surface area contributed by atoms with E-state index in [1.165, 1.54) is 62.1 Å². The van der Waals surface area contributed by atoms with Crippen molar-refractivity contribution in [2.75, 3.05) is 44.6 Å². The first kappa shape index (κ1) is 34.6. The smallest absolute Gasteiger partial charge is 0.248 e. The highest BCUT2D eigenvalue weighted by Crippen LogP contribution is 2.35. The number of aromatic nitrogens is 1. The molecule has 2 aliphatic heterocycles. The van der Waals surface area contributed by atoms with Crippen molar-refractivity contribution in [2.24, 2.45) is 5.73 Å². The second kappa shape index (κ2) is 16.1. The van der Waals surface area contributed by atoms with Gasteiger partial charge in [0.05, 0.1) is 21.6 Å². The number of halogens is 3. The topological polar surface area (TPSA) is 74.5 Å². The van der Waals surface area contributed by atoms with Gasteiger partial charge in [0.2, 0.25) is 5.91 Å². The first-order valence-corrected chi connectivity index (χ1v) is 15.0. The van der Waals surface area contributed by atoms with Crippen LogP contribution in [-0.4, -0.2) is 66.0 Å². The zero-order valence-corrected chi connectivity index (χ0v) is 26.9.